The fraction of sp³-hybridized carbons (Fsp3) is 0.333. The molecule has 3 aromatic rings. The van der Waals surface area contributed by atoms with E-state index >= 15 is 0 Å². The highest BCUT2D eigenvalue weighted by molar-refractivity contribution is 5.99. The van der Waals surface area contributed by atoms with Crippen LogP contribution in [0.2, 0.25) is 0 Å². The highest BCUT2D eigenvalue weighted by Crippen LogP contribution is 2.11. The second-order valence-electron chi connectivity index (χ2n) is 8.74. The number of nitrogens with one attached hydrogen (secondary N) is 2. The van der Waals surface area contributed by atoms with E-state index in [-0.39, 0.29) is 23.8 Å². The van der Waals surface area contributed by atoms with Crippen LogP contribution in [0.5, 0.6) is 0 Å². The number of pyridine rings is 2. The van der Waals surface area contributed by atoms with Crippen LogP contribution in [-0.4, -0.2) is 40.6 Å². The number of hydrogen-bond acceptors (Lipinski definition) is 5. The zero-order chi connectivity index (χ0) is 24.6. The van der Waals surface area contributed by atoms with Gasteiger partial charge in [-0.25, -0.2) is 0 Å². The van der Waals surface area contributed by atoms with Crippen molar-refractivity contribution in [2.45, 2.75) is 45.4 Å². The molecule has 1 fully saturated rings. The van der Waals surface area contributed by atoms with Gasteiger partial charge in [0.2, 0.25) is 5.43 Å². The number of amides is 2. The van der Waals surface area contributed by atoms with E-state index in [0.29, 0.717) is 26.1 Å². The standard InChI is InChI=1S/C27H30N4O4/c1-19-7-9-20(10-8-19)15-29-26(33)23-17-31(13-11-21-5-2-3-12-28-21)18-24(25(23)32)27(34)30-16-22-6-4-14-35-22/h2-3,5,7-10,12,17-18,22H,4,6,11,13-16H2,1H3,(H,29,33)(H,30,34)/t22-/m0/s1. The molecular formula is C27H30N4O4. The van der Waals surface area contributed by atoms with Crippen LogP contribution in [0.25, 0.3) is 0 Å². The third-order valence-electron chi connectivity index (χ3n) is 6.01. The Morgan fingerprint density at radius 1 is 1.06 bits per heavy atom. The van der Waals surface area contributed by atoms with Crippen molar-refractivity contribution in [3.05, 3.63) is 99.2 Å². The van der Waals surface area contributed by atoms with Gasteiger partial charge in [-0.15, -0.1) is 0 Å². The Kier molecular flexibility index (Phi) is 8.05. The number of carbonyl (C=O) groups excluding carboxylic acids is 2. The quantitative estimate of drug-likeness (QED) is 0.496. The van der Waals surface area contributed by atoms with Crippen molar-refractivity contribution in [1.82, 2.24) is 20.2 Å². The monoisotopic (exact) mass is 474 g/mol. The number of aryl methyl sites for hydroxylation is 3. The van der Waals surface area contributed by atoms with Crippen molar-refractivity contribution in [1.29, 1.82) is 0 Å². The molecule has 1 aliphatic rings. The smallest absolute Gasteiger partial charge is 0.257 e. The second-order valence-corrected chi connectivity index (χ2v) is 8.74. The lowest BCUT2D eigenvalue weighted by Crippen LogP contribution is -2.37. The lowest BCUT2D eigenvalue weighted by atomic mass is 10.1. The van der Waals surface area contributed by atoms with E-state index in [2.05, 4.69) is 15.6 Å². The van der Waals surface area contributed by atoms with Gasteiger partial charge in [-0.05, 0) is 37.5 Å². The lowest BCUT2D eigenvalue weighted by molar-refractivity contribution is 0.0856. The van der Waals surface area contributed by atoms with E-state index in [0.717, 1.165) is 29.7 Å². The Hall–Kier alpha value is -3.78. The largest absolute Gasteiger partial charge is 0.376 e. The van der Waals surface area contributed by atoms with Gasteiger partial charge in [-0.2, -0.15) is 0 Å². The van der Waals surface area contributed by atoms with Crippen molar-refractivity contribution in [2.24, 2.45) is 0 Å². The van der Waals surface area contributed by atoms with Crippen LogP contribution in [0.3, 0.4) is 0 Å². The second kappa shape index (κ2) is 11.6. The molecule has 3 heterocycles. The Bertz CT molecular complexity index is 1220. The zero-order valence-corrected chi connectivity index (χ0v) is 19.8. The van der Waals surface area contributed by atoms with Crippen molar-refractivity contribution in [3.63, 3.8) is 0 Å². The molecule has 2 N–H and O–H groups in total. The van der Waals surface area contributed by atoms with Crippen molar-refractivity contribution in [2.75, 3.05) is 13.2 Å². The molecule has 1 aliphatic heterocycles. The molecule has 0 bridgehead atoms. The summed E-state index contributed by atoms with van der Waals surface area (Å²) < 4.78 is 7.26. The Balaban J connectivity index is 1.54. The van der Waals surface area contributed by atoms with E-state index in [1.165, 1.54) is 12.4 Å². The maximum Gasteiger partial charge on any atom is 0.257 e. The fourth-order valence-corrected chi connectivity index (χ4v) is 3.96. The van der Waals surface area contributed by atoms with Gasteiger partial charge in [0.1, 0.15) is 11.1 Å². The molecule has 4 rings (SSSR count). The van der Waals surface area contributed by atoms with Gasteiger partial charge in [0.05, 0.1) is 6.10 Å². The zero-order valence-electron chi connectivity index (χ0n) is 19.8. The molecule has 0 unspecified atom stereocenters. The molecule has 35 heavy (non-hydrogen) atoms. The molecule has 2 amide bonds. The summed E-state index contributed by atoms with van der Waals surface area (Å²) in [7, 11) is 0. The molecule has 182 valence electrons. The molecule has 1 saturated heterocycles. The lowest BCUT2D eigenvalue weighted by Gasteiger charge is -2.14. The first-order chi connectivity index (χ1) is 17.0. The van der Waals surface area contributed by atoms with Gasteiger partial charge >= 0.3 is 0 Å². The minimum atomic E-state index is -0.592. The first-order valence-corrected chi connectivity index (χ1v) is 11.9. The van der Waals surface area contributed by atoms with Crippen molar-refractivity contribution in [3.8, 4) is 0 Å². The van der Waals surface area contributed by atoms with E-state index in [9.17, 15) is 14.4 Å². The van der Waals surface area contributed by atoms with Gasteiger partial charge in [0.25, 0.3) is 11.8 Å². The number of hydrogen-bond donors (Lipinski definition) is 2. The Morgan fingerprint density at radius 3 is 2.46 bits per heavy atom. The first kappa shape index (κ1) is 24.3. The average Bonchev–Trinajstić information content (AvgIpc) is 3.40. The molecule has 0 saturated carbocycles. The molecule has 0 spiro atoms. The molecule has 0 radical (unpaired) electrons. The molecule has 8 nitrogen and oxygen atoms in total. The highest BCUT2D eigenvalue weighted by Gasteiger charge is 2.21. The summed E-state index contributed by atoms with van der Waals surface area (Å²) in [5, 5.41) is 5.59. The SMILES string of the molecule is Cc1ccc(CNC(=O)c2cn(CCc3ccccn3)cc(C(=O)NC[C@@H]3CCCO3)c2=O)cc1. The highest BCUT2D eigenvalue weighted by atomic mass is 16.5. The number of rotatable bonds is 9. The fourth-order valence-electron chi connectivity index (χ4n) is 3.96. The van der Waals surface area contributed by atoms with Gasteiger partial charge in [-0.1, -0.05) is 35.9 Å². The summed E-state index contributed by atoms with van der Waals surface area (Å²) in [6, 6.07) is 13.4. The van der Waals surface area contributed by atoms with Crippen molar-refractivity contribution < 1.29 is 14.3 Å². The topological polar surface area (TPSA) is 102 Å². The molecule has 2 aromatic heterocycles. The minimum Gasteiger partial charge on any atom is -0.376 e. The molecule has 1 atom stereocenters. The number of ether oxygens (including phenoxy) is 1. The van der Waals surface area contributed by atoms with Crippen LogP contribution in [-0.2, 0) is 24.2 Å². The molecule has 1 aromatic carbocycles. The van der Waals surface area contributed by atoms with E-state index in [4.69, 9.17) is 4.74 Å². The summed E-state index contributed by atoms with van der Waals surface area (Å²) in [5.74, 6) is -1.03. The number of benzene rings is 1. The van der Waals surface area contributed by atoms with Crippen LogP contribution in [0.15, 0.2) is 65.8 Å². The number of carbonyl (C=O) groups is 2. The third kappa shape index (κ3) is 6.64. The Morgan fingerprint density at radius 2 is 1.80 bits per heavy atom. The predicted molar refractivity (Wildman–Crippen MR) is 132 cm³/mol. The summed E-state index contributed by atoms with van der Waals surface area (Å²) in [4.78, 5) is 43.4. The van der Waals surface area contributed by atoms with E-state index < -0.39 is 17.2 Å². The van der Waals surface area contributed by atoms with Gasteiger partial charge < -0.3 is 19.9 Å². The van der Waals surface area contributed by atoms with E-state index in [1.807, 2.05) is 49.4 Å². The predicted octanol–water partition coefficient (Wildman–Crippen LogP) is 2.63. The minimum absolute atomic E-state index is 0.0497. The summed E-state index contributed by atoms with van der Waals surface area (Å²) in [6.45, 7) is 3.74. The van der Waals surface area contributed by atoms with Gasteiger partial charge in [0, 0.05) is 56.9 Å². The normalized spacial score (nSPS) is 15.1. The van der Waals surface area contributed by atoms with Crippen LogP contribution < -0.4 is 16.1 Å². The van der Waals surface area contributed by atoms with Gasteiger partial charge in [-0.3, -0.25) is 19.4 Å². The average molecular weight is 475 g/mol. The van der Waals surface area contributed by atoms with Crippen LogP contribution in [0.1, 0.15) is 50.4 Å². The van der Waals surface area contributed by atoms with Gasteiger partial charge in [0.15, 0.2) is 0 Å². The van der Waals surface area contributed by atoms with Crippen LogP contribution in [0, 0.1) is 6.92 Å². The maximum absolute atomic E-state index is 13.2. The molecular weight excluding hydrogens is 444 g/mol. The van der Waals surface area contributed by atoms with Crippen molar-refractivity contribution >= 4 is 11.8 Å². The summed E-state index contributed by atoms with van der Waals surface area (Å²) in [5.41, 5.74) is 2.20. The summed E-state index contributed by atoms with van der Waals surface area (Å²) >= 11 is 0. The molecule has 0 aliphatic carbocycles. The Labute approximate surface area is 204 Å². The summed E-state index contributed by atoms with van der Waals surface area (Å²) in [6.07, 6.45) is 7.10. The number of aromatic nitrogens is 2. The molecule has 8 heteroatoms. The number of nitrogens with zero attached hydrogens (tertiary/aromatic N) is 2. The third-order valence-corrected chi connectivity index (χ3v) is 6.01. The van der Waals surface area contributed by atoms with Crippen LogP contribution in [0.4, 0.5) is 0 Å². The maximum atomic E-state index is 13.2. The van der Waals surface area contributed by atoms with E-state index in [1.54, 1.807) is 10.8 Å². The van der Waals surface area contributed by atoms with Crippen LogP contribution >= 0.6 is 0 Å². The first-order valence-electron chi connectivity index (χ1n) is 11.9.